The molecular formula is C16H22F4O2. The average molecular weight is 322 g/mol. The van der Waals surface area contributed by atoms with E-state index in [1.807, 2.05) is 0 Å². The Labute approximate surface area is 128 Å². The summed E-state index contributed by atoms with van der Waals surface area (Å²) in [6, 6.07) is 2.62. The summed E-state index contributed by atoms with van der Waals surface area (Å²) in [7, 11) is 0. The maximum Gasteiger partial charge on any atom is 0.204 e. The third-order valence-corrected chi connectivity index (χ3v) is 3.08. The molecule has 6 heteroatoms. The second-order valence-corrected chi connectivity index (χ2v) is 4.89. The predicted octanol–water partition coefficient (Wildman–Crippen LogP) is 5.00. The first kappa shape index (κ1) is 18.6. The minimum atomic E-state index is -1.09. The van der Waals surface area contributed by atoms with Gasteiger partial charge in [-0.3, -0.25) is 8.78 Å². The Kier molecular flexibility index (Phi) is 9.42. The Morgan fingerprint density at radius 1 is 0.636 bits per heavy atom. The van der Waals surface area contributed by atoms with E-state index in [4.69, 9.17) is 9.47 Å². The van der Waals surface area contributed by atoms with Gasteiger partial charge in [0.15, 0.2) is 11.5 Å². The number of hydrogen-bond donors (Lipinski definition) is 0. The summed E-state index contributed by atoms with van der Waals surface area (Å²) in [6.07, 6.45) is 3.32. The molecule has 126 valence electrons. The van der Waals surface area contributed by atoms with Gasteiger partial charge in [0.05, 0.1) is 26.6 Å². The van der Waals surface area contributed by atoms with Crippen LogP contribution in [-0.4, -0.2) is 26.6 Å². The summed E-state index contributed by atoms with van der Waals surface area (Å²) >= 11 is 0. The fraction of sp³-hybridized carbons (Fsp3) is 0.625. The number of hydrogen-bond acceptors (Lipinski definition) is 2. The van der Waals surface area contributed by atoms with E-state index in [9.17, 15) is 17.6 Å². The number of ether oxygens (including phenoxy) is 2. The molecule has 0 aliphatic carbocycles. The molecule has 1 aromatic rings. The molecule has 0 atom stereocenters. The van der Waals surface area contributed by atoms with Crippen LogP contribution in [0.1, 0.15) is 38.5 Å². The lowest BCUT2D eigenvalue weighted by atomic mass is 10.2. The summed E-state index contributed by atoms with van der Waals surface area (Å²) < 4.78 is 61.6. The Morgan fingerprint density at radius 3 is 1.41 bits per heavy atom. The van der Waals surface area contributed by atoms with Gasteiger partial charge in [-0.2, -0.15) is 8.78 Å². The van der Waals surface area contributed by atoms with Crippen molar-refractivity contribution in [1.29, 1.82) is 0 Å². The van der Waals surface area contributed by atoms with E-state index in [0.717, 1.165) is 0 Å². The molecular weight excluding hydrogens is 300 g/mol. The highest BCUT2D eigenvalue weighted by atomic mass is 19.2. The van der Waals surface area contributed by atoms with Crippen LogP contribution < -0.4 is 9.47 Å². The lowest BCUT2D eigenvalue weighted by Crippen LogP contribution is -2.04. The van der Waals surface area contributed by atoms with E-state index in [0.29, 0.717) is 38.5 Å². The van der Waals surface area contributed by atoms with Crippen LogP contribution >= 0.6 is 0 Å². The van der Waals surface area contributed by atoms with Gasteiger partial charge in [0.2, 0.25) is 11.6 Å². The van der Waals surface area contributed by atoms with E-state index >= 15 is 0 Å². The zero-order chi connectivity index (χ0) is 16.2. The first-order chi connectivity index (χ1) is 10.7. The van der Waals surface area contributed by atoms with E-state index < -0.39 is 11.6 Å². The van der Waals surface area contributed by atoms with Crippen LogP contribution in [0.15, 0.2) is 12.1 Å². The second kappa shape index (κ2) is 11.2. The third kappa shape index (κ3) is 6.54. The van der Waals surface area contributed by atoms with Crippen LogP contribution in [0.5, 0.6) is 11.5 Å². The summed E-state index contributed by atoms with van der Waals surface area (Å²) in [4.78, 5) is 0. The molecule has 0 amide bonds. The first-order valence-electron chi connectivity index (χ1n) is 7.56. The third-order valence-electron chi connectivity index (χ3n) is 3.08. The number of alkyl halides is 2. The van der Waals surface area contributed by atoms with E-state index in [2.05, 4.69) is 0 Å². The normalized spacial score (nSPS) is 10.7. The summed E-state index contributed by atoms with van der Waals surface area (Å²) in [5.74, 6) is -2.54. The van der Waals surface area contributed by atoms with Crippen molar-refractivity contribution >= 4 is 0 Å². The predicted molar refractivity (Wildman–Crippen MR) is 77.0 cm³/mol. The van der Waals surface area contributed by atoms with Crippen LogP contribution in [0.2, 0.25) is 0 Å². The number of rotatable bonds is 12. The van der Waals surface area contributed by atoms with E-state index in [1.54, 1.807) is 0 Å². The second-order valence-electron chi connectivity index (χ2n) is 4.89. The van der Waals surface area contributed by atoms with Gasteiger partial charge in [-0.05, 0) is 50.7 Å². The molecule has 0 fully saturated rings. The zero-order valence-corrected chi connectivity index (χ0v) is 12.6. The molecule has 0 aliphatic heterocycles. The van der Waals surface area contributed by atoms with Crippen molar-refractivity contribution < 1.29 is 27.0 Å². The van der Waals surface area contributed by atoms with Crippen molar-refractivity contribution in [1.82, 2.24) is 0 Å². The zero-order valence-electron chi connectivity index (χ0n) is 12.6. The standard InChI is InChI=1S/C16H22F4O2/c17-9-3-1-5-11-21-13-7-8-14(16(20)15(13)19)22-12-6-2-4-10-18/h7-8H,1-6,9-12H2. The van der Waals surface area contributed by atoms with Gasteiger partial charge >= 0.3 is 0 Å². The number of halogens is 4. The van der Waals surface area contributed by atoms with Gasteiger partial charge in [0.25, 0.3) is 0 Å². The monoisotopic (exact) mass is 322 g/mol. The van der Waals surface area contributed by atoms with Gasteiger partial charge in [0, 0.05) is 0 Å². The molecule has 0 saturated carbocycles. The Hall–Kier alpha value is -1.46. The lowest BCUT2D eigenvalue weighted by molar-refractivity contribution is 0.265. The van der Waals surface area contributed by atoms with Gasteiger partial charge < -0.3 is 9.47 Å². The Balaban J connectivity index is 2.42. The quantitative estimate of drug-likeness (QED) is 0.398. The van der Waals surface area contributed by atoms with Gasteiger partial charge in [-0.1, -0.05) is 0 Å². The highest BCUT2D eigenvalue weighted by Crippen LogP contribution is 2.28. The number of unbranched alkanes of at least 4 members (excludes halogenated alkanes) is 4. The molecule has 0 aromatic heterocycles. The Morgan fingerprint density at radius 2 is 1.05 bits per heavy atom. The minimum Gasteiger partial charge on any atom is -0.490 e. The van der Waals surface area contributed by atoms with Crippen LogP contribution in [0.25, 0.3) is 0 Å². The highest BCUT2D eigenvalue weighted by molar-refractivity contribution is 5.35. The van der Waals surface area contributed by atoms with Crippen LogP contribution in [-0.2, 0) is 0 Å². The van der Waals surface area contributed by atoms with E-state index in [1.165, 1.54) is 12.1 Å². The fourth-order valence-electron chi connectivity index (χ4n) is 1.85. The fourth-order valence-corrected chi connectivity index (χ4v) is 1.85. The SMILES string of the molecule is FCCCCCOc1ccc(OCCCCCF)c(F)c1F. The first-order valence-corrected chi connectivity index (χ1v) is 7.56. The maximum atomic E-state index is 13.8. The molecule has 0 radical (unpaired) electrons. The molecule has 0 saturated heterocycles. The number of benzene rings is 1. The summed E-state index contributed by atoms with van der Waals surface area (Å²) in [5, 5.41) is 0. The molecule has 1 aromatic carbocycles. The van der Waals surface area contributed by atoms with Gasteiger partial charge in [-0.15, -0.1) is 0 Å². The molecule has 0 bridgehead atoms. The summed E-state index contributed by atoms with van der Waals surface area (Å²) in [6.45, 7) is -0.361. The highest BCUT2D eigenvalue weighted by Gasteiger charge is 2.15. The van der Waals surface area contributed by atoms with Crippen molar-refractivity contribution in [3.63, 3.8) is 0 Å². The smallest absolute Gasteiger partial charge is 0.204 e. The van der Waals surface area contributed by atoms with E-state index in [-0.39, 0.29) is 38.1 Å². The van der Waals surface area contributed by atoms with Gasteiger partial charge in [0.1, 0.15) is 0 Å². The minimum absolute atomic E-state index is 0.178. The largest absolute Gasteiger partial charge is 0.490 e. The van der Waals surface area contributed by atoms with Crippen molar-refractivity contribution in [3.8, 4) is 11.5 Å². The molecule has 1 rings (SSSR count). The molecule has 22 heavy (non-hydrogen) atoms. The van der Waals surface area contributed by atoms with Crippen LogP contribution in [0, 0.1) is 11.6 Å². The van der Waals surface area contributed by atoms with Crippen molar-refractivity contribution in [2.24, 2.45) is 0 Å². The van der Waals surface area contributed by atoms with Crippen molar-refractivity contribution in [2.75, 3.05) is 26.6 Å². The Bertz CT molecular complexity index is 388. The van der Waals surface area contributed by atoms with Crippen molar-refractivity contribution in [2.45, 2.75) is 38.5 Å². The molecule has 2 nitrogen and oxygen atoms in total. The molecule has 0 spiro atoms. The van der Waals surface area contributed by atoms with Crippen LogP contribution in [0.3, 0.4) is 0 Å². The molecule has 0 N–H and O–H groups in total. The topological polar surface area (TPSA) is 18.5 Å². The molecule has 0 aliphatic rings. The molecule has 0 unspecified atom stereocenters. The molecule has 0 heterocycles. The van der Waals surface area contributed by atoms with Crippen molar-refractivity contribution in [3.05, 3.63) is 23.8 Å². The van der Waals surface area contributed by atoms with Crippen LogP contribution in [0.4, 0.5) is 17.6 Å². The maximum absolute atomic E-state index is 13.8. The van der Waals surface area contributed by atoms with Gasteiger partial charge in [-0.25, -0.2) is 0 Å². The lowest BCUT2D eigenvalue weighted by Gasteiger charge is -2.11. The average Bonchev–Trinajstić information content (AvgIpc) is 2.52. The summed E-state index contributed by atoms with van der Waals surface area (Å²) in [5.41, 5.74) is 0.